The van der Waals surface area contributed by atoms with Crippen LogP contribution in [0, 0.1) is 6.92 Å². The number of hydrogen-bond acceptors (Lipinski definition) is 3. The van der Waals surface area contributed by atoms with Crippen LogP contribution in [0.25, 0.3) is 0 Å². The van der Waals surface area contributed by atoms with Crippen molar-refractivity contribution in [3.63, 3.8) is 0 Å². The highest BCUT2D eigenvalue weighted by atomic mass is 16.5. The van der Waals surface area contributed by atoms with Gasteiger partial charge in [0.05, 0.1) is 12.8 Å². The summed E-state index contributed by atoms with van der Waals surface area (Å²) in [6.07, 6.45) is 0. The van der Waals surface area contributed by atoms with Gasteiger partial charge in [-0.3, -0.25) is 4.79 Å². The van der Waals surface area contributed by atoms with Crippen molar-refractivity contribution >= 4 is 17.3 Å². The monoisotopic (exact) mass is 284 g/mol. The fourth-order valence-electron chi connectivity index (χ4n) is 2.26. The average Bonchev–Trinajstić information content (AvgIpc) is 2.53. The van der Waals surface area contributed by atoms with E-state index in [4.69, 9.17) is 4.74 Å². The second kappa shape index (κ2) is 6.31. The Labute approximate surface area is 125 Å². The first-order chi connectivity index (χ1) is 10.1. The molecule has 0 unspecified atom stereocenters. The maximum atomic E-state index is 12.7. The van der Waals surface area contributed by atoms with Crippen molar-refractivity contribution in [2.75, 3.05) is 31.4 Å². The van der Waals surface area contributed by atoms with E-state index in [9.17, 15) is 4.79 Å². The fraction of sp³-hybridized carbons (Fsp3) is 0.235. The van der Waals surface area contributed by atoms with E-state index >= 15 is 0 Å². The zero-order valence-corrected chi connectivity index (χ0v) is 12.8. The van der Waals surface area contributed by atoms with E-state index in [2.05, 4.69) is 5.32 Å². The molecule has 0 spiro atoms. The Hall–Kier alpha value is -2.49. The van der Waals surface area contributed by atoms with Gasteiger partial charge in [0.15, 0.2) is 0 Å². The van der Waals surface area contributed by atoms with E-state index in [0.717, 1.165) is 16.9 Å². The van der Waals surface area contributed by atoms with E-state index < -0.39 is 0 Å². The Morgan fingerprint density at radius 1 is 1.19 bits per heavy atom. The van der Waals surface area contributed by atoms with Crippen molar-refractivity contribution in [2.45, 2.75) is 6.92 Å². The Kier molecular flexibility index (Phi) is 4.48. The van der Waals surface area contributed by atoms with E-state index in [0.29, 0.717) is 11.3 Å². The van der Waals surface area contributed by atoms with Crippen molar-refractivity contribution in [3.8, 4) is 5.75 Å². The second-order valence-electron chi connectivity index (χ2n) is 4.82. The molecule has 0 aliphatic heterocycles. The summed E-state index contributed by atoms with van der Waals surface area (Å²) in [5.41, 5.74) is 3.36. The molecule has 0 aliphatic rings. The number of ether oxygens (including phenoxy) is 1. The molecule has 0 saturated carbocycles. The van der Waals surface area contributed by atoms with Crippen LogP contribution < -0.4 is 15.0 Å². The van der Waals surface area contributed by atoms with Gasteiger partial charge in [0.25, 0.3) is 5.91 Å². The molecule has 0 fully saturated rings. The van der Waals surface area contributed by atoms with Crippen LogP contribution in [-0.2, 0) is 0 Å². The third kappa shape index (κ3) is 2.99. The molecular weight excluding hydrogens is 264 g/mol. The van der Waals surface area contributed by atoms with Crippen LogP contribution in [0.5, 0.6) is 5.75 Å². The summed E-state index contributed by atoms with van der Waals surface area (Å²) in [5, 5.41) is 3.07. The predicted octanol–water partition coefficient (Wildman–Crippen LogP) is 3.32. The van der Waals surface area contributed by atoms with E-state index in [1.807, 2.05) is 56.4 Å². The predicted molar refractivity (Wildman–Crippen MR) is 86.5 cm³/mol. The Balaban J connectivity index is 2.35. The number of nitrogens with zero attached hydrogens (tertiary/aromatic N) is 1. The molecule has 0 radical (unpaired) electrons. The number of carbonyl (C=O) groups is 1. The SMILES string of the molecule is CNc1ccc(C(=O)N(C)c2ccccc2OC)c(C)c1. The summed E-state index contributed by atoms with van der Waals surface area (Å²) < 4.78 is 5.32. The molecule has 4 nitrogen and oxygen atoms in total. The van der Waals surface area contributed by atoms with Crippen LogP contribution in [-0.4, -0.2) is 27.1 Å². The van der Waals surface area contributed by atoms with Gasteiger partial charge in [0, 0.05) is 25.3 Å². The number of carbonyl (C=O) groups excluding carboxylic acids is 1. The van der Waals surface area contributed by atoms with E-state index in [-0.39, 0.29) is 5.91 Å². The zero-order chi connectivity index (χ0) is 15.4. The number of para-hydroxylation sites is 2. The zero-order valence-electron chi connectivity index (χ0n) is 12.8. The Bertz CT molecular complexity index is 653. The van der Waals surface area contributed by atoms with E-state index in [1.54, 1.807) is 19.1 Å². The lowest BCUT2D eigenvalue weighted by atomic mass is 10.1. The molecule has 2 aromatic rings. The number of benzene rings is 2. The number of methoxy groups -OCH3 is 1. The molecule has 0 heterocycles. The van der Waals surface area contributed by atoms with Crippen molar-refractivity contribution in [2.24, 2.45) is 0 Å². The third-order valence-electron chi connectivity index (χ3n) is 3.50. The van der Waals surface area contributed by atoms with Gasteiger partial charge in [-0.15, -0.1) is 0 Å². The highest BCUT2D eigenvalue weighted by Crippen LogP contribution is 2.28. The first-order valence-electron chi connectivity index (χ1n) is 6.78. The average molecular weight is 284 g/mol. The largest absolute Gasteiger partial charge is 0.495 e. The van der Waals surface area contributed by atoms with Crippen LogP contribution in [0.3, 0.4) is 0 Å². The summed E-state index contributed by atoms with van der Waals surface area (Å²) >= 11 is 0. The van der Waals surface area contributed by atoms with Crippen LogP contribution in [0.15, 0.2) is 42.5 Å². The molecule has 2 aromatic carbocycles. The molecule has 2 rings (SSSR count). The lowest BCUT2D eigenvalue weighted by Gasteiger charge is -2.21. The van der Waals surface area contributed by atoms with E-state index in [1.165, 1.54) is 0 Å². The molecule has 0 saturated heterocycles. The first-order valence-corrected chi connectivity index (χ1v) is 6.78. The van der Waals surface area contributed by atoms with Crippen molar-refractivity contribution in [1.82, 2.24) is 0 Å². The lowest BCUT2D eigenvalue weighted by molar-refractivity contribution is 0.0992. The molecule has 0 bridgehead atoms. The molecule has 21 heavy (non-hydrogen) atoms. The fourth-order valence-corrected chi connectivity index (χ4v) is 2.26. The van der Waals surface area contributed by atoms with Gasteiger partial charge in [0.2, 0.25) is 0 Å². The smallest absolute Gasteiger partial charge is 0.258 e. The molecule has 0 aliphatic carbocycles. The van der Waals surface area contributed by atoms with Crippen LogP contribution >= 0.6 is 0 Å². The number of aryl methyl sites for hydroxylation is 1. The minimum absolute atomic E-state index is 0.0559. The standard InChI is InChI=1S/C17H20N2O2/c1-12-11-13(18-2)9-10-14(12)17(20)19(3)15-7-5-6-8-16(15)21-4/h5-11,18H,1-4H3. The molecule has 0 aromatic heterocycles. The Morgan fingerprint density at radius 3 is 2.52 bits per heavy atom. The van der Waals surface area contributed by atoms with Gasteiger partial charge in [-0.05, 0) is 42.8 Å². The third-order valence-corrected chi connectivity index (χ3v) is 3.50. The molecule has 110 valence electrons. The molecule has 1 amide bonds. The highest BCUT2D eigenvalue weighted by Gasteiger charge is 2.18. The second-order valence-corrected chi connectivity index (χ2v) is 4.82. The van der Waals surface area contributed by atoms with Crippen LogP contribution in [0.2, 0.25) is 0 Å². The number of anilines is 2. The molecule has 4 heteroatoms. The molecule has 0 atom stereocenters. The minimum Gasteiger partial charge on any atom is -0.495 e. The highest BCUT2D eigenvalue weighted by molar-refractivity contribution is 6.07. The van der Waals surface area contributed by atoms with Gasteiger partial charge in [-0.2, -0.15) is 0 Å². The first kappa shape index (κ1) is 14.9. The quantitative estimate of drug-likeness (QED) is 0.936. The summed E-state index contributed by atoms with van der Waals surface area (Å²) in [6, 6.07) is 13.2. The van der Waals surface area contributed by atoms with Gasteiger partial charge in [-0.25, -0.2) is 0 Å². The van der Waals surface area contributed by atoms with Crippen molar-refractivity contribution in [1.29, 1.82) is 0 Å². The van der Waals surface area contributed by atoms with Gasteiger partial charge in [-0.1, -0.05) is 12.1 Å². The summed E-state index contributed by atoms with van der Waals surface area (Å²) in [4.78, 5) is 14.3. The summed E-state index contributed by atoms with van der Waals surface area (Å²) in [7, 11) is 5.22. The lowest BCUT2D eigenvalue weighted by Crippen LogP contribution is -2.27. The molecular formula is C17H20N2O2. The topological polar surface area (TPSA) is 41.6 Å². The van der Waals surface area contributed by atoms with Gasteiger partial charge in [0.1, 0.15) is 5.75 Å². The Morgan fingerprint density at radius 2 is 1.90 bits per heavy atom. The minimum atomic E-state index is -0.0559. The maximum Gasteiger partial charge on any atom is 0.258 e. The van der Waals surface area contributed by atoms with Crippen LogP contribution in [0.1, 0.15) is 15.9 Å². The molecule has 1 N–H and O–H groups in total. The van der Waals surface area contributed by atoms with Gasteiger partial charge >= 0.3 is 0 Å². The van der Waals surface area contributed by atoms with Crippen LogP contribution in [0.4, 0.5) is 11.4 Å². The maximum absolute atomic E-state index is 12.7. The summed E-state index contributed by atoms with van der Waals surface area (Å²) in [6.45, 7) is 1.93. The number of hydrogen-bond donors (Lipinski definition) is 1. The number of nitrogens with one attached hydrogen (secondary N) is 1. The number of amides is 1. The van der Waals surface area contributed by atoms with Crippen molar-refractivity contribution < 1.29 is 9.53 Å². The normalized spacial score (nSPS) is 10.1. The number of rotatable bonds is 4. The van der Waals surface area contributed by atoms with Crippen molar-refractivity contribution in [3.05, 3.63) is 53.6 Å². The summed E-state index contributed by atoms with van der Waals surface area (Å²) in [5.74, 6) is 0.623. The van der Waals surface area contributed by atoms with Gasteiger partial charge < -0.3 is 15.0 Å².